The maximum absolute atomic E-state index is 12.8. The van der Waals surface area contributed by atoms with Gasteiger partial charge in [0, 0.05) is 66.1 Å². The van der Waals surface area contributed by atoms with E-state index >= 15 is 0 Å². The Morgan fingerprint density at radius 1 is 0.623 bits per heavy atom. The third-order valence-electron chi connectivity index (χ3n) is 8.23. The summed E-state index contributed by atoms with van der Waals surface area (Å²) in [6.07, 6.45) is 3.33. The van der Waals surface area contributed by atoms with Crippen LogP contribution < -0.4 is 20.9 Å². The third kappa shape index (κ3) is 12.1. The number of amides is 2. The predicted molar refractivity (Wildman–Crippen MR) is 219 cm³/mol. The highest BCUT2D eigenvalue weighted by Crippen LogP contribution is 2.23. The average molecular weight is 727 g/mol. The number of anilines is 3. The maximum Gasteiger partial charge on any atom is 0.258 e. The Morgan fingerprint density at radius 3 is 1.45 bits per heavy atom. The summed E-state index contributed by atoms with van der Waals surface area (Å²) in [5.74, 6) is 0.694. The molecular formula is C44H47ClN6O2. The Labute approximate surface area is 318 Å². The van der Waals surface area contributed by atoms with Crippen molar-refractivity contribution < 1.29 is 9.59 Å². The summed E-state index contributed by atoms with van der Waals surface area (Å²) in [6.45, 7) is 9.14. The topological polar surface area (TPSA) is 104 Å². The third-order valence-corrected chi connectivity index (χ3v) is 8.44. The second kappa shape index (κ2) is 20.9. The molecule has 272 valence electrons. The lowest BCUT2D eigenvalue weighted by Crippen LogP contribution is -2.30. The zero-order chi connectivity index (χ0) is 38.0. The van der Waals surface area contributed by atoms with Crippen LogP contribution in [-0.2, 0) is 0 Å². The van der Waals surface area contributed by atoms with Crippen LogP contribution in [0.15, 0.2) is 158 Å². The molecule has 9 heteroatoms. The summed E-state index contributed by atoms with van der Waals surface area (Å²) in [5, 5.41) is 3.79. The van der Waals surface area contributed by atoms with E-state index in [2.05, 4.69) is 34.3 Å². The van der Waals surface area contributed by atoms with Crippen LogP contribution in [0.4, 0.5) is 17.2 Å². The SMILES string of the molecule is CCN(C(=O)c1ccccc1)c1ccnc(Cl)c1.CCN(C(=O)c1ccccc1)c1ccnc(N[C@@H](C)c2ccccc2)c1.C[C@H](N)c1ccccc1. The second-order valence-corrected chi connectivity index (χ2v) is 12.4. The lowest BCUT2D eigenvalue weighted by atomic mass is 10.1. The van der Waals surface area contributed by atoms with Crippen LogP contribution in [0.5, 0.6) is 0 Å². The fraction of sp³-hybridized carbons (Fsp3) is 0.182. The monoisotopic (exact) mass is 726 g/mol. The van der Waals surface area contributed by atoms with Crippen LogP contribution in [0.3, 0.4) is 0 Å². The van der Waals surface area contributed by atoms with Gasteiger partial charge in [-0.1, -0.05) is 109 Å². The Balaban J connectivity index is 0.000000200. The van der Waals surface area contributed by atoms with Gasteiger partial charge in [0.25, 0.3) is 11.8 Å². The summed E-state index contributed by atoms with van der Waals surface area (Å²) in [5.41, 5.74) is 10.9. The number of hydrogen-bond acceptors (Lipinski definition) is 6. The van der Waals surface area contributed by atoms with Crippen molar-refractivity contribution in [2.75, 3.05) is 28.2 Å². The number of carbonyl (C=O) groups is 2. The van der Waals surface area contributed by atoms with E-state index in [0.717, 1.165) is 17.2 Å². The molecule has 0 aliphatic carbocycles. The van der Waals surface area contributed by atoms with E-state index in [1.165, 1.54) is 11.1 Å². The molecule has 0 saturated heterocycles. The number of benzene rings is 4. The fourth-order valence-electron chi connectivity index (χ4n) is 5.39. The molecule has 53 heavy (non-hydrogen) atoms. The van der Waals surface area contributed by atoms with Crippen molar-refractivity contribution >= 4 is 40.6 Å². The Bertz CT molecular complexity index is 1980. The van der Waals surface area contributed by atoms with Crippen LogP contribution in [0.1, 0.15) is 71.6 Å². The van der Waals surface area contributed by atoms with E-state index in [4.69, 9.17) is 17.3 Å². The number of hydrogen-bond donors (Lipinski definition) is 2. The van der Waals surface area contributed by atoms with E-state index in [0.29, 0.717) is 29.4 Å². The molecule has 6 rings (SSSR count). The molecule has 3 N–H and O–H groups in total. The Kier molecular flexibility index (Phi) is 15.7. The molecule has 2 aromatic heterocycles. The molecule has 0 aliphatic heterocycles. The molecule has 0 aliphatic rings. The molecule has 4 aromatic carbocycles. The highest BCUT2D eigenvalue weighted by atomic mass is 35.5. The first kappa shape index (κ1) is 39.9. The number of pyridine rings is 2. The zero-order valence-corrected chi connectivity index (χ0v) is 31.4. The number of rotatable bonds is 10. The maximum atomic E-state index is 12.8. The molecule has 0 saturated carbocycles. The number of halogens is 1. The first-order valence-corrected chi connectivity index (χ1v) is 18.0. The minimum atomic E-state index is -0.0413. The standard InChI is InChI=1S/C22H23N3O.C14H13ClN2O.C8H11N/c1-3-25(22(26)19-12-8-5-9-13-19)20-14-15-23-21(16-20)24-17(2)18-10-6-4-7-11-18;1-2-17(12-8-9-16-13(15)10-12)14(18)11-6-4-3-5-7-11;1-7(9)8-5-3-2-4-6-8/h4-17H,3H2,1-2H3,(H,23,24);3-10H,2H2,1H3;2-7H,9H2,1H3/t17-;;7-/m0.0/s1. The van der Waals surface area contributed by atoms with Gasteiger partial charge in [-0.25, -0.2) is 9.97 Å². The normalized spacial score (nSPS) is 11.4. The molecule has 0 fully saturated rings. The van der Waals surface area contributed by atoms with Gasteiger partial charge in [0.15, 0.2) is 0 Å². The van der Waals surface area contributed by atoms with Crippen LogP contribution in [0, 0.1) is 0 Å². The summed E-state index contributed by atoms with van der Waals surface area (Å²) < 4.78 is 0. The summed E-state index contributed by atoms with van der Waals surface area (Å²) in [6, 6.07) is 46.3. The van der Waals surface area contributed by atoms with Gasteiger partial charge in [-0.2, -0.15) is 0 Å². The smallest absolute Gasteiger partial charge is 0.258 e. The number of nitrogens with one attached hydrogen (secondary N) is 1. The molecule has 0 spiro atoms. The molecule has 6 aromatic rings. The number of nitrogens with zero attached hydrogens (tertiary/aromatic N) is 4. The predicted octanol–water partition coefficient (Wildman–Crippen LogP) is 10.0. The summed E-state index contributed by atoms with van der Waals surface area (Å²) in [4.78, 5) is 36.9. The average Bonchev–Trinajstić information content (AvgIpc) is 3.20. The number of carbonyl (C=O) groups excluding carboxylic acids is 2. The van der Waals surface area contributed by atoms with Gasteiger partial charge in [-0.15, -0.1) is 0 Å². The van der Waals surface area contributed by atoms with E-state index < -0.39 is 0 Å². The van der Waals surface area contributed by atoms with E-state index in [1.807, 2.05) is 130 Å². The van der Waals surface area contributed by atoms with Crippen molar-refractivity contribution in [1.82, 2.24) is 9.97 Å². The van der Waals surface area contributed by atoms with E-state index in [1.54, 1.807) is 46.5 Å². The van der Waals surface area contributed by atoms with Gasteiger partial charge in [0.1, 0.15) is 11.0 Å². The number of aromatic nitrogens is 2. The molecule has 2 amide bonds. The fourth-order valence-corrected chi connectivity index (χ4v) is 5.56. The molecule has 8 nitrogen and oxygen atoms in total. The first-order valence-electron chi connectivity index (χ1n) is 17.6. The van der Waals surface area contributed by atoms with Crippen molar-refractivity contribution in [3.8, 4) is 0 Å². The van der Waals surface area contributed by atoms with Gasteiger partial charge < -0.3 is 20.9 Å². The van der Waals surface area contributed by atoms with Gasteiger partial charge >= 0.3 is 0 Å². The highest BCUT2D eigenvalue weighted by Gasteiger charge is 2.18. The lowest BCUT2D eigenvalue weighted by Gasteiger charge is -2.22. The van der Waals surface area contributed by atoms with E-state index in [9.17, 15) is 9.59 Å². The first-order chi connectivity index (χ1) is 25.7. The quantitative estimate of drug-likeness (QED) is 0.136. The molecule has 0 bridgehead atoms. The molecular weight excluding hydrogens is 680 g/mol. The highest BCUT2D eigenvalue weighted by molar-refractivity contribution is 6.29. The largest absolute Gasteiger partial charge is 0.363 e. The van der Waals surface area contributed by atoms with Gasteiger partial charge in [-0.05, 0) is 81.3 Å². The van der Waals surface area contributed by atoms with Crippen LogP contribution in [0.25, 0.3) is 0 Å². The summed E-state index contributed by atoms with van der Waals surface area (Å²) in [7, 11) is 0. The van der Waals surface area contributed by atoms with Crippen molar-refractivity contribution in [2.45, 2.75) is 39.8 Å². The van der Waals surface area contributed by atoms with E-state index in [-0.39, 0.29) is 23.9 Å². The minimum absolute atomic E-state index is 0.0126. The molecule has 2 heterocycles. The Hall–Kier alpha value is -5.83. The second-order valence-electron chi connectivity index (χ2n) is 12.0. The molecule has 0 unspecified atom stereocenters. The van der Waals surface area contributed by atoms with Crippen molar-refractivity contribution in [1.29, 1.82) is 0 Å². The van der Waals surface area contributed by atoms with Crippen LogP contribution >= 0.6 is 11.6 Å². The summed E-state index contributed by atoms with van der Waals surface area (Å²) >= 11 is 5.85. The number of nitrogens with two attached hydrogens (primary N) is 1. The van der Waals surface area contributed by atoms with Crippen molar-refractivity contribution in [2.24, 2.45) is 5.73 Å². The Morgan fingerprint density at radius 2 is 1.04 bits per heavy atom. The minimum Gasteiger partial charge on any atom is -0.363 e. The van der Waals surface area contributed by atoms with Gasteiger partial charge in [-0.3, -0.25) is 9.59 Å². The van der Waals surface area contributed by atoms with Crippen LogP contribution in [0.2, 0.25) is 5.15 Å². The van der Waals surface area contributed by atoms with Crippen molar-refractivity contribution in [3.05, 3.63) is 185 Å². The van der Waals surface area contributed by atoms with Gasteiger partial charge in [0.2, 0.25) is 0 Å². The molecule has 2 atom stereocenters. The lowest BCUT2D eigenvalue weighted by molar-refractivity contribution is 0.0980. The molecule has 0 radical (unpaired) electrons. The van der Waals surface area contributed by atoms with Crippen LogP contribution in [-0.4, -0.2) is 34.9 Å². The van der Waals surface area contributed by atoms with Gasteiger partial charge in [0.05, 0.1) is 0 Å². The zero-order valence-electron chi connectivity index (χ0n) is 30.6. The van der Waals surface area contributed by atoms with Crippen molar-refractivity contribution in [3.63, 3.8) is 0 Å².